The molecule has 5 heteroatoms. The lowest BCUT2D eigenvalue weighted by Gasteiger charge is -2.09. The molecule has 0 spiro atoms. The molecule has 0 bridgehead atoms. The molecule has 1 aromatic rings. The second-order valence-corrected chi connectivity index (χ2v) is 3.15. The van der Waals surface area contributed by atoms with Gasteiger partial charge in [0.25, 0.3) is 0 Å². The molecular weight excluding hydrogens is 227 g/mol. The Morgan fingerprint density at radius 2 is 1.94 bits per heavy atom. The first kappa shape index (κ1) is 13.0. The molecule has 0 heterocycles. The zero-order valence-corrected chi connectivity index (χ0v) is 9.82. The number of ether oxygens (including phenoxy) is 3. The van der Waals surface area contributed by atoms with Crippen molar-refractivity contribution in [2.75, 3.05) is 14.2 Å². The van der Waals surface area contributed by atoms with Gasteiger partial charge >= 0.3 is 5.97 Å². The number of methoxy groups -OCH3 is 2. The van der Waals surface area contributed by atoms with Crippen LogP contribution in [0.1, 0.15) is 6.92 Å². The van der Waals surface area contributed by atoms with Gasteiger partial charge in [0.1, 0.15) is 5.76 Å². The summed E-state index contributed by atoms with van der Waals surface area (Å²) in [6.07, 6.45) is 1.12. The van der Waals surface area contributed by atoms with Gasteiger partial charge in [-0.15, -0.1) is 0 Å². The molecule has 0 N–H and O–H groups in total. The summed E-state index contributed by atoms with van der Waals surface area (Å²) < 4.78 is 28.0. The number of hydrogen-bond acceptors (Lipinski definition) is 4. The van der Waals surface area contributed by atoms with Gasteiger partial charge in [0, 0.05) is 0 Å². The third kappa shape index (κ3) is 3.48. The fourth-order valence-electron chi connectivity index (χ4n) is 1.15. The second kappa shape index (κ2) is 5.89. The van der Waals surface area contributed by atoms with Crippen LogP contribution >= 0.6 is 0 Å². The number of carbonyl (C=O) groups is 1. The second-order valence-electron chi connectivity index (χ2n) is 3.15. The predicted molar refractivity (Wildman–Crippen MR) is 59.4 cm³/mol. The minimum absolute atomic E-state index is 0.0120. The number of halogens is 1. The van der Waals surface area contributed by atoms with Crippen molar-refractivity contribution < 1.29 is 23.4 Å². The topological polar surface area (TPSA) is 44.8 Å². The Labute approximate surface area is 98.6 Å². The summed E-state index contributed by atoms with van der Waals surface area (Å²) in [6.45, 7) is 1.52. The maximum atomic E-state index is 13.7. The summed E-state index contributed by atoms with van der Waals surface area (Å²) >= 11 is 0. The molecule has 1 aromatic carbocycles. The van der Waals surface area contributed by atoms with Crippen molar-refractivity contribution in [2.45, 2.75) is 6.92 Å². The Morgan fingerprint density at radius 3 is 2.53 bits per heavy atom. The highest BCUT2D eigenvalue weighted by molar-refractivity contribution is 5.82. The van der Waals surface area contributed by atoms with E-state index in [2.05, 4.69) is 4.74 Å². The molecule has 0 saturated carbocycles. The van der Waals surface area contributed by atoms with Crippen LogP contribution in [-0.2, 0) is 9.53 Å². The van der Waals surface area contributed by atoms with Crippen molar-refractivity contribution >= 4 is 5.97 Å². The third-order valence-corrected chi connectivity index (χ3v) is 1.94. The number of hydrogen-bond donors (Lipinski definition) is 0. The lowest BCUT2D eigenvalue weighted by molar-refractivity contribution is -0.135. The van der Waals surface area contributed by atoms with Crippen molar-refractivity contribution in [2.24, 2.45) is 0 Å². The third-order valence-electron chi connectivity index (χ3n) is 1.94. The normalized spacial score (nSPS) is 10.9. The van der Waals surface area contributed by atoms with E-state index in [9.17, 15) is 9.18 Å². The molecule has 0 amide bonds. The van der Waals surface area contributed by atoms with Crippen molar-refractivity contribution in [3.8, 4) is 11.5 Å². The van der Waals surface area contributed by atoms with Crippen molar-refractivity contribution in [3.05, 3.63) is 35.9 Å². The molecule has 0 atom stereocenters. The smallest absolute Gasteiger partial charge is 0.333 e. The van der Waals surface area contributed by atoms with E-state index in [1.807, 2.05) is 0 Å². The Hall–Kier alpha value is -2.04. The molecule has 17 heavy (non-hydrogen) atoms. The van der Waals surface area contributed by atoms with Gasteiger partial charge < -0.3 is 14.2 Å². The van der Waals surface area contributed by atoms with Gasteiger partial charge in [-0.1, -0.05) is 6.07 Å². The number of allylic oxidation sites excluding steroid dienone is 1. The molecule has 0 aliphatic heterocycles. The summed E-state index contributed by atoms with van der Waals surface area (Å²) in [5.74, 6) is -0.891. The summed E-state index contributed by atoms with van der Waals surface area (Å²) in [7, 11) is 2.61. The Balaban J connectivity index is 2.89. The van der Waals surface area contributed by atoms with E-state index in [1.165, 1.54) is 33.3 Å². The van der Waals surface area contributed by atoms with Gasteiger partial charge in [-0.25, -0.2) is 4.79 Å². The molecule has 1 rings (SSSR count). The molecule has 4 nitrogen and oxygen atoms in total. The first-order valence-corrected chi connectivity index (χ1v) is 4.85. The predicted octanol–water partition coefficient (Wildman–Crippen LogP) is 2.29. The molecule has 0 unspecified atom stereocenters. The first-order chi connectivity index (χ1) is 8.08. The standard InChI is InChI=1S/C12H13FO4/c1-8(7-11(14)16-3)17-10-6-4-5-9(15-2)12(10)13/h4-7H,1-3H3. The van der Waals surface area contributed by atoms with Gasteiger partial charge in [-0.05, 0) is 19.1 Å². The van der Waals surface area contributed by atoms with Crippen LogP contribution < -0.4 is 9.47 Å². The first-order valence-electron chi connectivity index (χ1n) is 4.85. The van der Waals surface area contributed by atoms with E-state index < -0.39 is 11.8 Å². The van der Waals surface area contributed by atoms with Gasteiger partial charge in [0.2, 0.25) is 5.82 Å². The SMILES string of the molecule is COC(=O)C=C(C)Oc1cccc(OC)c1F. The van der Waals surface area contributed by atoms with E-state index in [-0.39, 0.29) is 17.3 Å². The number of esters is 1. The van der Waals surface area contributed by atoms with E-state index in [0.717, 1.165) is 6.08 Å². The highest BCUT2D eigenvalue weighted by atomic mass is 19.1. The maximum absolute atomic E-state index is 13.7. The molecule has 0 aliphatic carbocycles. The Kier molecular flexibility index (Phi) is 4.51. The fraction of sp³-hybridized carbons (Fsp3) is 0.250. The fourth-order valence-corrected chi connectivity index (χ4v) is 1.15. The molecule has 0 aromatic heterocycles. The molecular formula is C12H13FO4. The van der Waals surface area contributed by atoms with Crippen LogP contribution in [0, 0.1) is 5.82 Å². The van der Waals surface area contributed by atoms with Crippen molar-refractivity contribution in [1.29, 1.82) is 0 Å². The Morgan fingerprint density at radius 1 is 1.29 bits per heavy atom. The van der Waals surface area contributed by atoms with Crippen LogP contribution in [0.5, 0.6) is 11.5 Å². The molecule has 0 radical (unpaired) electrons. The van der Waals surface area contributed by atoms with Crippen LogP contribution in [0.2, 0.25) is 0 Å². The van der Waals surface area contributed by atoms with E-state index in [0.29, 0.717) is 0 Å². The van der Waals surface area contributed by atoms with E-state index in [1.54, 1.807) is 6.07 Å². The maximum Gasteiger partial charge on any atom is 0.333 e. The Bertz CT molecular complexity index is 440. The number of carbonyl (C=O) groups excluding carboxylic acids is 1. The monoisotopic (exact) mass is 240 g/mol. The van der Waals surface area contributed by atoms with Crippen LogP contribution in [0.3, 0.4) is 0 Å². The summed E-state index contributed by atoms with van der Waals surface area (Å²) in [5.41, 5.74) is 0. The quantitative estimate of drug-likeness (QED) is 0.460. The van der Waals surface area contributed by atoms with Gasteiger partial charge in [0.05, 0.1) is 20.3 Å². The molecule has 92 valence electrons. The van der Waals surface area contributed by atoms with Crippen molar-refractivity contribution in [1.82, 2.24) is 0 Å². The minimum Gasteiger partial charge on any atom is -0.494 e. The summed E-state index contributed by atoms with van der Waals surface area (Å²) in [4.78, 5) is 10.9. The average Bonchev–Trinajstić information content (AvgIpc) is 2.31. The van der Waals surface area contributed by atoms with Crippen molar-refractivity contribution in [3.63, 3.8) is 0 Å². The van der Waals surface area contributed by atoms with Crippen LogP contribution in [-0.4, -0.2) is 20.2 Å². The lowest BCUT2D eigenvalue weighted by atomic mass is 10.3. The van der Waals surface area contributed by atoms with E-state index >= 15 is 0 Å². The number of rotatable bonds is 4. The van der Waals surface area contributed by atoms with Gasteiger partial charge in [-0.2, -0.15) is 4.39 Å². The summed E-state index contributed by atoms with van der Waals surface area (Å²) in [6, 6.07) is 4.50. The highest BCUT2D eigenvalue weighted by Gasteiger charge is 2.10. The minimum atomic E-state index is -0.618. The van der Waals surface area contributed by atoms with Crippen LogP contribution in [0.25, 0.3) is 0 Å². The average molecular weight is 240 g/mol. The van der Waals surface area contributed by atoms with Crippen LogP contribution in [0.4, 0.5) is 4.39 Å². The number of benzene rings is 1. The highest BCUT2D eigenvalue weighted by Crippen LogP contribution is 2.27. The lowest BCUT2D eigenvalue weighted by Crippen LogP contribution is -2.01. The van der Waals surface area contributed by atoms with Crippen LogP contribution in [0.15, 0.2) is 30.0 Å². The molecule has 0 saturated heterocycles. The molecule has 0 aliphatic rings. The van der Waals surface area contributed by atoms with Gasteiger partial charge in [0.15, 0.2) is 11.5 Å². The summed E-state index contributed by atoms with van der Waals surface area (Å²) in [5, 5.41) is 0. The van der Waals surface area contributed by atoms with Gasteiger partial charge in [-0.3, -0.25) is 0 Å². The largest absolute Gasteiger partial charge is 0.494 e. The molecule has 0 fully saturated rings. The zero-order chi connectivity index (χ0) is 12.8. The van der Waals surface area contributed by atoms with E-state index in [4.69, 9.17) is 9.47 Å². The zero-order valence-electron chi connectivity index (χ0n) is 9.82.